The zero-order valence-corrected chi connectivity index (χ0v) is 15.9. The fraction of sp³-hybridized carbons (Fsp3) is 0.529. The first-order valence-electron chi connectivity index (χ1n) is 7.98. The lowest BCUT2D eigenvalue weighted by Crippen LogP contribution is -2.43. The van der Waals surface area contributed by atoms with E-state index in [1.165, 1.54) is 6.42 Å². The molecule has 0 saturated heterocycles. The molecule has 132 valence electrons. The molecule has 0 aromatic heterocycles. The summed E-state index contributed by atoms with van der Waals surface area (Å²) < 4.78 is 11.0. The Morgan fingerprint density at radius 3 is 2.75 bits per heavy atom. The molecule has 1 aliphatic rings. The van der Waals surface area contributed by atoms with Gasteiger partial charge in [0.15, 0.2) is 13.2 Å². The Balaban J connectivity index is 1.69. The minimum absolute atomic E-state index is 0.169. The van der Waals surface area contributed by atoms with Crippen molar-refractivity contribution < 1.29 is 19.1 Å². The summed E-state index contributed by atoms with van der Waals surface area (Å²) in [5.74, 6) is -0.0387. The van der Waals surface area contributed by atoms with Crippen molar-refractivity contribution in [2.24, 2.45) is 5.92 Å². The van der Waals surface area contributed by atoms with Gasteiger partial charge in [-0.25, -0.2) is 4.79 Å². The Hall–Kier alpha value is -1.27. The number of ether oxygens (including phenoxy) is 2. The Morgan fingerprint density at radius 2 is 2.04 bits per heavy atom. The number of carbonyl (C=O) groups excluding carboxylic acids is 2. The van der Waals surface area contributed by atoms with Crippen molar-refractivity contribution >= 4 is 39.4 Å². The van der Waals surface area contributed by atoms with Crippen molar-refractivity contribution in [2.75, 3.05) is 13.2 Å². The quantitative estimate of drug-likeness (QED) is 0.715. The number of rotatable bonds is 6. The van der Waals surface area contributed by atoms with E-state index >= 15 is 0 Å². The topological polar surface area (TPSA) is 64.6 Å². The van der Waals surface area contributed by atoms with E-state index in [1.54, 1.807) is 18.2 Å². The smallest absolute Gasteiger partial charge is 0.344 e. The first kappa shape index (κ1) is 19.1. The van der Waals surface area contributed by atoms with Crippen molar-refractivity contribution in [3.05, 3.63) is 27.7 Å². The van der Waals surface area contributed by atoms with Gasteiger partial charge >= 0.3 is 5.97 Å². The predicted octanol–water partition coefficient (Wildman–Crippen LogP) is 3.72. The molecule has 0 radical (unpaired) electrons. The summed E-state index contributed by atoms with van der Waals surface area (Å²) >= 11 is 9.28. The second-order valence-corrected chi connectivity index (χ2v) is 7.28. The van der Waals surface area contributed by atoms with Crippen LogP contribution in [-0.4, -0.2) is 31.1 Å². The predicted molar refractivity (Wildman–Crippen MR) is 95.2 cm³/mol. The summed E-state index contributed by atoms with van der Waals surface area (Å²) in [6, 6.07) is 5.24. The molecule has 0 aliphatic heterocycles. The molecule has 1 aromatic carbocycles. The molecule has 1 aliphatic carbocycles. The largest absolute Gasteiger partial charge is 0.480 e. The lowest BCUT2D eigenvalue weighted by atomic mass is 9.86. The fourth-order valence-electron chi connectivity index (χ4n) is 2.70. The molecule has 0 heterocycles. The Morgan fingerprint density at radius 1 is 1.29 bits per heavy atom. The van der Waals surface area contributed by atoms with Crippen LogP contribution < -0.4 is 10.1 Å². The lowest BCUT2D eigenvalue weighted by molar-refractivity contribution is -0.150. The van der Waals surface area contributed by atoms with Crippen LogP contribution in [0.15, 0.2) is 22.7 Å². The van der Waals surface area contributed by atoms with E-state index in [4.69, 9.17) is 21.1 Å². The van der Waals surface area contributed by atoms with Crippen molar-refractivity contribution in [1.29, 1.82) is 0 Å². The third kappa shape index (κ3) is 5.98. The van der Waals surface area contributed by atoms with Gasteiger partial charge in [-0.1, -0.05) is 47.3 Å². The number of halogens is 2. The minimum atomic E-state index is -0.610. The van der Waals surface area contributed by atoms with Crippen LogP contribution in [0.3, 0.4) is 0 Å². The van der Waals surface area contributed by atoms with Crippen LogP contribution >= 0.6 is 27.5 Å². The highest BCUT2D eigenvalue weighted by Crippen LogP contribution is 2.27. The van der Waals surface area contributed by atoms with Crippen molar-refractivity contribution in [1.82, 2.24) is 5.32 Å². The van der Waals surface area contributed by atoms with Crippen molar-refractivity contribution in [3.63, 3.8) is 0 Å². The highest BCUT2D eigenvalue weighted by molar-refractivity contribution is 9.10. The number of benzene rings is 1. The highest BCUT2D eigenvalue weighted by atomic mass is 79.9. The molecule has 5 nitrogen and oxygen atoms in total. The molecule has 1 N–H and O–H groups in total. The maximum Gasteiger partial charge on any atom is 0.344 e. The third-order valence-electron chi connectivity index (χ3n) is 4.06. The normalized spacial score (nSPS) is 20.3. The third-order valence-corrected chi connectivity index (χ3v) is 4.85. The van der Waals surface area contributed by atoms with Gasteiger partial charge in [-0.15, -0.1) is 0 Å². The van der Waals surface area contributed by atoms with E-state index in [0.29, 0.717) is 16.7 Å². The van der Waals surface area contributed by atoms with Gasteiger partial charge in [-0.05, 0) is 37.0 Å². The van der Waals surface area contributed by atoms with E-state index in [0.717, 1.165) is 23.7 Å². The van der Waals surface area contributed by atoms with E-state index in [1.807, 2.05) is 0 Å². The molecule has 2 atom stereocenters. The number of hydrogen-bond acceptors (Lipinski definition) is 4. The molecular formula is C17H21BrClNO4. The summed E-state index contributed by atoms with van der Waals surface area (Å²) in [7, 11) is 0. The molecular weight excluding hydrogens is 398 g/mol. The van der Waals surface area contributed by atoms with Gasteiger partial charge in [0.25, 0.3) is 5.91 Å². The molecule has 1 fully saturated rings. The maximum absolute atomic E-state index is 11.9. The molecule has 1 amide bonds. The summed E-state index contributed by atoms with van der Waals surface area (Å²) in [4.78, 5) is 23.5. The number of amides is 1. The zero-order valence-electron chi connectivity index (χ0n) is 13.5. The second-order valence-electron chi connectivity index (χ2n) is 5.96. The standard InChI is InChI=1S/C17H21BrClNO4/c1-11-4-2-3-5-14(11)20-16(21)9-24-17(22)10-23-15-7-6-12(18)8-13(15)19/h6-8,11,14H,2-5,9-10H2,1H3,(H,20,21)/t11-,14-/m0/s1. The highest BCUT2D eigenvalue weighted by Gasteiger charge is 2.23. The van der Waals surface area contributed by atoms with Gasteiger partial charge in [-0.2, -0.15) is 0 Å². The summed E-state index contributed by atoms with van der Waals surface area (Å²) in [6.07, 6.45) is 4.42. The molecule has 24 heavy (non-hydrogen) atoms. The fourth-order valence-corrected chi connectivity index (χ4v) is 3.42. The first-order chi connectivity index (χ1) is 11.5. The molecule has 0 bridgehead atoms. The Labute approximate surface area is 155 Å². The molecule has 1 aromatic rings. The van der Waals surface area contributed by atoms with Gasteiger partial charge in [0.1, 0.15) is 5.75 Å². The molecule has 7 heteroatoms. The zero-order chi connectivity index (χ0) is 17.5. The van der Waals surface area contributed by atoms with Crippen LogP contribution in [0.4, 0.5) is 0 Å². The Kier molecular flexibility index (Phi) is 7.37. The molecule has 1 saturated carbocycles. The summed E-state index contributed by atoms with van der Waals surface area (Å²) in [6.45, 7) is 1.54. The van der Waals surface area contributed by atoms with Crippen LogP contribution in [0.25, 0.3) is 0 Å². The summed E-state index contributed by atoms with van der Waals surface area (Å²) in [5.41, 5.74) is 0. The average Bonchev–Trinajstić information content (AvgIpc) is 2.54. The van der Waals surface area contributed by atoms with Gasteiger partial charge in [-0.3, -0.25) is 4.79 Å². The van der Waals surface area contributed by atoms with Crippen LogP contribution in [0, 0.1) is 5.92 Å². The second kappa shape index (κ2) is 9.28. The Bertz CT molecular complexity index is 596. The van der Waals surface area contributed by atoms with Gasteiger partial charge in [0.2, 0.25) is 0 Å². The van der Waals surface area contributed by atoms with Crippen molar-refractivity contribution in [3.8, 4) is 5.75 Å². The van der Waals surface area contributed by atoms with Crippen LogP contribution in [0.5, 0.6) is 5.75 Å². The minimum Gasteiger partial charge on any atom is -0.480 e. The average molecular weight is 419 g/mol. The van der Waals surface area contributed by atoms with E-state index in [9.17, 15) is 9.59 Å². The van der Waals surface area contributed by atoms with Crippen LogP contribution in [-0.2, 0) is 14.3 Å². The van der Waals surface area contributed by atoms with Crippen molar-refractivity contribution in [2.45, 2.75) is 38.6 Å². The number of carbonyl (C=O) groups is 2. The number of nitrogens with one attached hydrogen (secondary N) is 1. The number of hydrogen-bond donors (Lipinski definition) is 1. The monoisotopic (exact) mass is 417 g/mol. The van der Waals surface area contributed by atoms with Crippen LogP contribution in [0.1, 0.15) is 32.6 Å². The SMILES string of the molecule is C[C@H]1CCCC[C@@H]1NC(=O)COC(=O)COc1ccc(Br)cc1Cl. The lowest BCUT2D eigenvalue weighted by Gasteiger charge is -2.29. The van der Waals surface area contributed by atoms with Gasteiger partial charge in [0.05, 0.1) is 5.02 Å². The van der Waals surface area contributed by atoms with Crippen LogP contribution in [0.2, 0.25) is 5.02 Å². The van der Waals surface area contributed by atoms with E-state index in [-0.39, 0.29) is 25.2 Å². The number of esters is 1. The van der Waals surface area contributed by atoms with Gasteiger partial charge in [0, 0.05) is 10.5 Å². The van der Waals surface area contributed by atoms with E-state index in [2.05, 4.69) is 28.2 Å². The van der Waals surface area contributed by atoms with E-state index < -0.39 is 5.97 Å². The molecule has 0 unspecified atom stereocenters. The maximum atomic E-state index is 11.9. The van der Waals surface area contributed by atoms with Gasteiger partial charge < -0.3 is 14.8 Å². The first-order valence-corrected chi connectivity index (χ1v) is 9.15. The molecule has 2 rings (SSSR count). The summed E-state index contributed by atoms with van der Waals surface area (Å²) in [5, 5.41) is 3.32. The molecule has 0 spiro atoms.